The summed E-state index contributed by atoms with van der Waals surface area (Å²) in [6.07, 6.45) is 3.87. The number of sulfonamides is 1. The van der Waals surface area contributed by atoms with Gasteiger partial charge in [-0.25, -0.2) is 13.8 Å². The Bertz CT molecular complexity index is 1100. The van der Waals surface area contributed by atoms with Gasteiger partial charge < -0.3 is 0 Å². The number of hydrogen-bond acceptors (Lipinski definition) is 5. The molecule has 1 saturated carbocycles. The summed E-state index contributed by atoms with van der Waals surface area (Å²) in [6, 6.07) is 13.9. The topological polar surface area (TPSA) is 117 Å². The fourth-order valence-corrected chi connectivity index (χ4v) is 4.74. The van der Waals surface area contributed by atoms with Crippen LogP contribution >= 0.6 is 0 Å². The molecule has 1 atom stereocenters. The second kappa shape index (κ2) is 7.76. The average molecular weight is 412 g/mol. The van der Waals surface area contributed by atoms with Crippen molar-refractivity contribution in [3.05, 3.63) is 65.2 Å². The summed E-state index contributed by atoms with van der Waals surface area (Å²) in [7, 11) is -3.91. The Hall–Kier alpha value is -3.04. The first kappa shape index (κ1) is 19.3. The van der Waals surface area contributed by atoms with Crippen LogP contribution in [-0.2, 0) is 10.0 Å². The smallest absolute Gasteiger partial charge is 0.271 e. The predicted octanol–water partition coefficient (Wildman–Crippen LogP) is 2.07. The lowest BCUT2D eigenvalue weighted by atomic mass is 9.82. The first-order valence-electron chi connectivity index (χ1n) is 9.33. The van der Waals surface area contributed by atoms with Crippen molar-refractivity contribution in [1.29, 1.82) is 0 Å². The molecule has 0 spiro atoms. The van der Waals surface area contributed by atoms with Crippen LogP contribution in [0.4, 0.5) is 0 Å². The van der Waals surface area contributed by atoms with Crippen LogP contribution in [0.25, 0.3) is 0 Å². The zero-order valence-corrected chi connectivity index (χ0v) is 16.3. The number of benzene rings is 2. The maximum atomic E-state index is 12.6. The maximum absolute atomic E-state index is 12.6. The molecule has 2 amide bonds. The maximum Gasteiger partial charge on any atom is 0.271 e. The Kier molecular flexibility index (Phi) is 5.16. The number of hydrazone groups is 1. The fourth-order valence-electron chi connectivity index (χ4n) is 3.67. The predicted molar refractivity (Wildman–Crippen MR) is 107 cm³/mol. The molecule has 29 heavy (non-hydrogen) atoms. The van der Waals surface area contributed by atoms with Gasteiger partial charge in [0.2, 0.25) is 0 Å². The molecule has 2 aromatic rings. The van der Waals surface area contributed by atoms with Crippen LogP contribution in [0.2, 0.25) is 0 Å². The number of carbonyl (C=O) groups excluding carboxylic acids is 2. The lowest BCUT2D eigenvalue weighted by molar-refractivity contribution is 0.0930. The Morgan fingerprint density at radius 2 is 1.90 bits per heavy atom. The molecule has 0 radical (unpaired) electrons. The minimum Gasteiger partial charge on any atom is -0.273 e. The molecule has 2 aromatic carbocycles. The van der Waals surface area contributed by atoms with Crippen molar-refractivity contribution >= 4 is 27.5 Å². The van der Waals surface area contributed by atoms with Crippen LogP contribution in [0, 0.1) is 0 Å². The van der Waals surface area contributed by atoms with E-state index in [-0.39, 0.29) is 21.9 Å². The molecular formula is C20H20N4O4S. The van der Waals surface area contributed by atoms with Gasteiger partial charge >= 0.3 is 0 Å². The Morgan fingerprint density at radius 3 is 2.69 bits per heavy atom. The molecule has 0 unspecified atom stereocenters. The van der Waals surface area contributed by atoms with E-state index in [1.165, 1.54) is 18.2 Å². The van der Waals surface area contributed by atoms with Crippen LogP contribution in [0.3, 0.4) is 0 Å². The van der Waals surface area contributed by atoms with Crippen LogP contribution in [0.15, 0.2) is 58.5 Å². The summed E-state index contributed by atoms with van der Waals surface area (Å²) < 4.78 is 24.2. The molecule has 8 nitrogen and oxygen atoms in total. The van der Waals surface area contributed by atoms with Gasteiger partial charge in [0, 0.05) is 17.2 Å². The van der Waals surface area contributed by atoms with Gasteiger partial charge in [-0.15, -0.1) is 4.83 Å². The molecule has 2 aliphatic rings. The van der Waals surface area contributed by atoms with E-state index in [0.717, 1.165) is 37.0 Å². The average Bonchev–Trinajstić information content (AvgIpc) is 2.75. The number of hydrazine groups is 1. The first-order chi connectivity index (χ1) is 14.0. The third kappa shape index (κ3) is 3.92. The van der Waals surface area contributed by atoms with Crippen LogP contribution in [0.5, 0.6) is 0 Å². The van der Waals surface area contributed by atoms with Crippen molar-refractivity contribution in [3.63, 3.8) is 0 Å². The molecule has 150 valence electrons. The zero-order chi connectivity index (χ0) is 20.4. The molecule has 0 bridgehead atoms. The number of rotatable bonds is 3. The van der Waals surface area contributed by atoms with Crippen molar-refractivity contribution in [3.8, 4) is 0 Å². The lowest BCUT2D eigenvalue weighted by Crippen LogP contribution is -2.46. The standard InChI is InChI=1S/C20H20N4O4S/c25-19(14-10-11-16-18(12-14)29(27,28)24-23-20(16)26)22-21-17-9-5-4-8-15(17)13-6-2-1-3-7-13/h1-3,6-7,10-12,15,24H,4-5,8-9H2,(H,22,25)(H,23,26)/b21-17-/t15-/m0/s1. The number of hydrogen-bond donors (Lipinski definition) is 3. The minimum absolute atomic E-state index is 0.0111. The van der Waals surface area contributed by atoms with Crippen molar-refractivity contribution in [1.82, 2.24) is 15.7 Å². The molecule has 1 fully saturated rings. The quantitative estimate of drug-likeness (QED) is 0.669. The molecule has 9 heteroatoms. The van der Waals surface area contributed by atoms with Crippen molar-refractivity contribution < 1.29 is 18.0 Å². The monoisotopic (exact) mass is 412 g/mol. The molecule has 1 heterocycles. The first-order valence-corrected chi connectivity index (χ1v) is 10.8. The second-order valence-corrected chi connectivity index (χ2v) is 8.67. The van der Waals surface area contributed by atoms with E-state index in [0.29, 0.717) is 0 Å². The largest absolute Gasteiger partial charge is 0.273 e. The summed E-state index contributed by atoms with van der Waals surface area (Å²) in [5.74, 6) is -0.948. The normalized spacial score (nSPS) is 21.9. The van der Waals surface area contributed by atoms with E-state index in [1.54, 1.807) is 0 Å². The summed E-state index contributed by atoms with van der Waals surface area (Å²) in [5, 5.41) is 4.35. The van der Waals surface area contributed by atoms with E-state index < -0.39 is 21.8 Å². The van der Waals surface area contributed by atoms with Gasteiger partial charge in [0.15, 0.2) is 0 Å². The molecule has 1 aliphatic heterocycles. The van der Waals surface area contributed by atoms with Crippen molar-refractivity contribution in [2.75, 3.05) is 0 Å². The van der Waals surface area contributed by atoms with Crippen molar-refractivity contribution in [2.24, 2.45) is 5.10 Å². The third-order valence-corrected chi connectivity index (χ3v) is 6.45. The SMILES string of the molecule is O=C(N/N=C1/CCCC[C@H]1c1ccccc1)c1ccc2c(c1)S(=O)(=O)NNC2=O. The van der Waals surface area contributed by atoms with Gasteiger partial charge in [-0.1, -0.05) is 36.8 Å². The number of nitrogens with zero attached hydrogens (tertiary/aromatic N) is 1. The lowest BCUT2D eigenvalue weighted by Gasteiger charge is -2.24. The summed E-state index contributed by atoms with van der Waals surface area (Å²) in [6.45, 7) is 0. The van der Waals surface area contributed by atoms with Gasteiger partial charge in [-0.2, -0.15) is 5.10 Å². The third-order valence-electron chi connectivity index (χ3n) is 5.16. The molecule has 1 aliphatic carbocycles. The van der Waals surface area contributed by atoms with E-state index in [9.17, 15) is 18.0 Å². The Labute approximate surface area is 168 Å². The van der Waals surface area contributed by atoms with Crippen molar-refractivity contribution in [2.45, 2.75) is 36.5 Å². The minimum atomic E-state index is -3.91. The molecular weight excluding hydrogens is 392 g/mol. The van der Waals surface area contributed by atoms with Gasteiger partial charge in [0.25, 0.3) is 21.8 Å². The number of nitrogens with one attached hydrogen (secondary N) is 3. The summed E-state index contributed by atoms with van der Waals surface area (Å²) in [5.41, 5.74) is 6.78. The summed E-state index contributed by atoms with van der Waals surface area (Å²) >= 11 is 0. The molecule has 0 aromatic heterocycles. The Morgan fingerprint density at radius 1 is 1.10 bits per heavy atom. The molecule has 3 N–H and O–H groups in total. The second-order valence-electron chi connectivity index (χ2n) is 7.02. The van der Waals surface area contributed by atoms with Gasteiger partial charge in [-0.05, 0) is 43.0 Å². The Balaban J connectivity index is 1.57. The zero-order valence-electron chi connectivity index (χ0n) is 15.5. The fraction of sp³-hybridized carbons (Fsp3) is 0.250. The number of fused-ring (bicyclic) bond motifs is 1. The van der Waals surface area contributed by atoms with Gasteiger partial charge in [0.1, 0.15) is 0 Å². The summed E-state index contributed by atoms with van der Waals surface area (Å²) in [4.78, 5) is 26.1. The van der Waals surface area contributed by atoms with E-state index >= 15 is 0 Å². The molecule has 4 rings (SSSR count). The van der Waals surface area contributed by atoms with Gasteiger partial charge in [0.05, 0.1) is 10.5 Å². The van der Waals surface area contributed by atoms with Crippen LogP contribution in [-0.4, -0.2) is 25.9 Å². The highest BCUT2D eigenvalue weighted by Crippen LogP contribution is 2.30. The number of carbonyl (C=O) groups is 2. The highest BCUT2D eigenvalue weighted by atomic mass is 32.2. The molecule has 0 saturated heterocycles. The highest BCUT2D eigenvalue weighted by Gasteiger charge is 2.29. The van der Waals surface area contributed by atoms with E-state index in [4.69, 9.17) is 0 Å². The highest BCUT2D eigenvalue weighted by molar-refractivity contribution is 7.89. The van der Waals surface area contributed by atoms with E-state index in [2.05, 4.69) is 28.1 Å². The van der Waals surface area contributed by atoms with Gasteiger partial charge in [-0.3, -0.25) is 15.0 Å². The van der Waals surface area contributed by atoms with Crippen LogP contribution < -0.4 is 15.7 Å². The van der Waals surface area contributed by atoms with Crippen LogP contribution in [0.1, 0.15) is 57.9 Å². The number of amides is 2. The van der Waals surface area contributed by atoms with E-state index in [1.807, 2.05) is 23.0 Å².